The Morgan fingerprint density at radius 2 is 1.96 bits per heavy atom. The number of hydrogen-bond donors (Lipinski definition) is 1. The van der Waals surface area contributed by atoms with E-state index in [0.717, 1.165) is 10.2 Å². The van der Waals surface area contributed by atoms with Gasteiger partial charge < -0.3 is 10.1 Å². The number of nitrogens with zero attached hydrogens (tertiary/aromatic N) is 3. The minimum Gasteiger partial charge on any atom is -0.468 e. The first kappa shape index (κ1) is 19.9. The summed E-state index contributed by atoms with van der Waals surface area (Å²) in [5.74, 6) is -0.523. The van der Waals surface area contributed by atoms with Gasteiger partial charge in [0.2, 0.25) is 5.88 Å². The zero-order valence-corrected chi connectivity index (χ0v) is 15.9. The van der Waals surface area contributed by atoms with Crippen LogP contribution in [0.3, 0.4) is 0 Å². The highest BCUT2D eigenvalue weighted by atomic mass is 79.9. The van der Waals surface area contributed by atoms with Gasteiger partial charge >= 0.3 is 6.18 Å². The molecule has 0 aliphatic heterocycles. The van der Waals surface area contributed by atoms with Gasteiger partial charge in [0.25, 0.3) is 5.91 Å². The van der Waals surface area contributed by atoms with Crippen molar-refractivity contribution in [3.63, 3.8) is 0 Å². The number of aromatic nitrogens is 3. The number of benzene rings is 1. The largest absolute Gasteiger partial charge is 0.468 e. The van der Waals surface area contributed by atoms with Gasteiger partial charge in [-0.25, -0.2) is 9.67 Å². The van der Waals surface area contributed by atoms with Gasteiger partial charge in [0.15, 0.2) is 6.61 Å². The number of carbonyl (C=O) groups excluding carboxylic acids is 1. The van der Waals surface area contributed by atoms with Crippen LogP contribution in [0.2, 0.25) is 0 Å². The van der Waals surface area contributed by atoms with Crippen molar-refractivity contribution in [2.75, 3.05) is 6.61 Å². The van der Waals surface area contributed by atoms with Crippen LogP contribution in [0.5, 0.6) is 5.88 Å². The van der Waals surface area contributed by atoms with E-state index < -0.39 is 12.8 Å². The maximum absolute atomic E-state index is 12.3. The second-order valence-electron chi connectivity index (χ2n) is 5.74. The van der Waals surface area contributed by atoms with Crippen LogP contribution in [0.15, 0.2) is 59.5 Å². The summed E-state index contributed by atoms with van der Waals surface area (Å²) >= 11 is 3.35. The van der Waals surface area contributed by atoms with Crippen LogP contribution < -0.4 is 10.1 Å². The first-order chi connectivity index (χ1) is 13.3. The zero-order chi connectivity index (χ0) is 20.1. The Morgan fingerprint density at radius 3 is 2.68 bits per heavy atom. The first-order valence-corrected chi connectivity index (χ1v) is 8.83. The molecule has 1 aromatic carbocycles. The summed E-state index contributed by atoms with van der Waals surface area (Å²) in [5, 5.41) is 6.84. The molecule has 2 aromatic heterocycles. The summed E-state index contributed by atoms with van der Waals surface area (Å²) in [7, 11) is 0. The smallest absolute Gasteiger partial charge is 0.422 e. The number of carbonyl (C=O) groups is 1. The van der Waals surface area contributed by atoms with Crippen LogP contribution in [0.4, 0.5) is 13.2 Å². The Balaban J connectivity index is 1.59. The number of rotatable bonds is 6. The van der Waals surface area contributed by atoms with Gasteiger partial charge in [0.1, 0.15) is 0 Å². The minimum atomic E-state index is -4.44. The monoisotopic (exact) mass is 454 g/mol. The first-order valence-electron chi connectivity index (χ1n) is 8.03. The molecule has 0 bridgehead atoms. The minimum absolute atomic E-state index is 0.104. The van der Waals surface area contributed by atoms with Gasteiger partial charge in [0, 0.05) is 29.5 Å². The molecule has 0 aliphatic rings. The predicted octanol–water partition coefficient (Wildman–Crippen LogP) is 3.90. The fourth-order valence-electron chi connectivity index (χ4n) is 2.25. The third-order valence-electron chi connectivity index (χ3n) is 3.57. The third-order valence-corrected chi connectivity index (χ3v) is 4.10. The fraction of sp³-hybridized carbons (Fsp3) is 0.167. The predicted molar refractivity (Wildman–Crippen MR) is 98.2 cm³/mol. The lowest BCUT2D eigenvalue weighted by Gasteiger charge is -2.09. The molecule has 2 heterocycles. The molecule has 3 rings (SSSR count). The van der Waals surface area contributed by atoms with Crippen molar-refractivity contribution in [2.45, 2.75) is 12.7 Å². The number of halogens is 4. The molecule has 0 aliphatic carbocycles. The fourth-order valence-corrected chi connectivity index (χ4v) is 2.52. The molecule has 28 heavy (non-hydrogen) atoms. The highest BCUT2D eigenvalue weighted by molar-refractivity contribution is 9.10. The summed E-state index contributed by atoms with van der Waals surface area (Å²) in [6.45, 7) is -1.32. The van der Waals surface area contributed by atoms with Crippen molar-refractivity contribution >= 4 is 21.8 Å². The number of hydrogen-bond acceptors (Lipinski definition) is 4. The maximum Gasteiger partial charge on any atom is 0.422 e. The average Bonchev–Trinajstić information content (AvgIpc) is 3.15. The van der Waals surface area contributed by atoms with E-state index in [1.807, 2.05) is 24.3 Å². The molecule has 0 saturated carbocycles. The van der Waals surface area contributed by atoms with Crippen molar-refractivity contribution < 1.29 is 22.7 Å². The van der Waals surface area contributed by atoms with Crippen LogP contribution in [-0.4, -0.2) is 33.5 Å². The summed E-state index contributed by atoms with van der Waals surface area (Å²) in [5.41, 5.74) is 1.70. The topological polar surface area (TPSA) is 69.0 Å². The maximum atomic E-state index is 12.3. The van der Waals surface area contributed by atoms with Crippen LogP contribution in [0, 0.1) is 0 Å². The number of ether oxygens (including phenoxy) is 1. The van der Waals surface area contributed by atoms with Gasteiger partial charge in [0.05, 0.1) is 17.4 Å². The molecule has 0 spiro atoms. The van der Waals surface area contributed by atoms with Gasteiger partial charge in [-0.2, -0.15) is 18.3 Å². The lowest BCUT2D eigenvalue weighted by molar-refractivity contribution is -0.154. The average molecular weight is 455 g/mol. The SMILES string of the molecule is O=C(NCc1ccnc(OCC(F)(F)F)c1)c1cnn(-c2ccc(Br)cc2)c1. The number of amides is 1. The molecule has 0 unspecified atom stereocenters. The molecular formula is C18H14BrF3N4O2. The Labute approximate surface area is 166 Å². The van der Waals surface area contributed by atoms with E-state index in [1.165, 1.54) is 18.5 Å². The molecule has 0 atom stereocenters. The summed E-state index contributed by atoms with van der Waals surface area (Å²) in [4.78, 5) is 16.0. The molecule has 3 aromatic rings. The van der Waals surface area contributed by atoms with Crippen LogP contribution in [-0.2, 0) is 6.54 Å². The summed E-state index contributed by atoms with van der Waals surface area (Å²) < 4.78 is 43.7. The molecular weight excluding hydrogens is 441 g/mol. The van der Waals surface area contributed by atoms with Crippen molar-refractivity contribution in [3.05, 3.63) is 70.6 Å². The Hall–Kier alpha value is -2.88. The lowest BCUT2D eigenvalue weighted by atomic mass is 10.2. The second-order valence-corrected chi connectivity index (χ2v) is 6.65. The summed E-state index contributed by atoms with van der Waals surface area (Å²) in [6.07, 6.45) is -0.107. The second kappa shape index (κ2) is 8.42. The normalized spacial score (nSPS) is 11.3. The van der Waals surface area contributed by atoms with Gasteiger partial charge in [-0.1, -0.05) is 15.9 Å². The molecule has 1 N–H and O–H groups in total. The van der Waals surface area contributed by atoms with Gasteiger partial charge in [-0.15, -0.1) is 0 Å². The van der Waals surface area contributed by atoms with E-state index in [9.17, 15) is 18.0 Å². The van der Waals surface area contributed by atoms with Crippen molar-refractivity contribution in [2.24, 2.45) is 0 Å². The highest BCUT2D eigenvalue weighted by Crippen LogP contribution is 2.18. The van der Waals surface area contributed by atoms with E-state index in [0.29, 0.717) is 11.1 Å². The highest BCUT2D eigenvalue weighted by Gasteiger charge is 2.28. The van der Waals surface area contributed by atoms with Crippen LogP contribution >= 0.6 is 15.9 Å². The zero-order valence-electron chi connectivity index (χ0n) is 14.3. The van der Waals surface area contributed by atoms with E-state index in [1.54, 1.807) is 16.9 Å². The molecule has 146 valence electrons. The molecule has 6 nitrogen and oxygen atoms in total. The van der Waals surface area contributed by atoms with E-state index in [4.69, 9.17) is 0 Å². The Morgan fingerprint density at radius 1 is 1.21 bits per heavy atom. The third kappa shape index (κ3) is 5.56. The number of pyridine rings is 1. The van der Waals surface area contributed by atoms with Crippen molar-refractivity contribution in [3.8, 4) is 11.6 Å². The number of nitrogens with one attached hydrogen (secondary N) is 1. The van der Waals surface area contributed by atoms with Crippen molar-refractivity contribution in [1.82, 2.24) is 20.1 Å². The Bertz CT molecular complexity index is 958. The van der Waals surface area contributed by atoms with Gasteiger partial charge in [-0.05, 0) is 35.9 Å². The van der Waals surface area contributed by atoms with Crippen LogP contribution in [0.1, 0.15) is 15.9 Å². The molecule has 10 heteroatoms. The molecule has 0 fully saturated rings. The molecule has 0 saturated heterocycles. The Kier molecular flexibility index (Phi) is 5.98. The summed E-state index contributed by atoms with van der Waals surface area (Å²) in [6, 6.07) is 10.3. The number of alkyl halides is 3. The quantitative estimate of drug-likeness (QED) is 0.613. The molecule has 0 radical (unpaired) electrons. The van der Waals surface area contributed by atoms with E-state index >= 15 is 0 Å². The van der Waals surface area contributed by atoms with E-state index in [2.05, 4.69) is 36.1 Å². The van der Waals surface area contributed by atoms with Crippen LogP contribution in [0.25, 0.3) is 5.69 Å². The van der Waals surface area contributed by atoms with Crippen molar-refractivity contribution in [1.29, 1.82) is 0 Å². The molecule has 1 amide bonds. The van der Waals surface area contributed by atoms with Gasteiger partial charge in [-0.3, -0.25) is 4.79 Å². The lowest BCUT2D eigenvalue weighted by Crippen LogP contribution is -2.22. The standard InChI is InChI=1S/C18H14BrF3N4O2/c19-14-1-3-15(4-2-14)26-10-13(9-25-26)17(27)24-8-12-5-6-23-16(7-12)28-11-18(20,21)22/h1-7,9-10H,8,11H2,(H,24,27). The van der Waals surface area contributed by atoms with E-state index in [-0.39, 0.29) is 18.3 Å².